The lowest BCUT2D eigenvalue weighted by molar-refractivity contribution is -0.142. The van der Waals surface area contributed by atoms with Crippen LogP contribution >= 0.6 is 0 Å². The highest BCUT2D eigenvalue weighted by molar-refractivity contribution is 7.92. The van der Waals surface area contributed by atoms with E-state index in [9.17, 15) is 22.4 Å². The van der Waals surface area contributed by atoms with Gasteiger partial charge in [0.05, 0.1) is 11.9 Å². The molecule has 0 bridgehead atoms. The topological polar surface area (TPSA) is 86.8 Å². The van der Waals surface area contributed by atoms with Crippen molar-refractivity contribution in [1.29, 1.82) is 0 Å². The number of nitrogens with zero attached hydrogens (tertiary/aromatic N) is 2. The summed E-state index contributed by atoms with van der Waals surface area (Å²) in [6.07, 6.45) is 1.81. The molecule has 0 aliphatic heterocycles. The molecule has 0 aromatic heterocycles. The lowest BCUT2D eigenvalue weighted by Crippen LogP contribution is -2.53. The Morgan fingerprint density at radius 3 is 2.11 bits per heavy atom. The highest BCUT2D eigenvalue weighted by Gasteiger charge is 2.30. The summed E-state index contributed by atoms with van der Waals surface area (Å²) in [7, 11) is -3.63. The van der Waals surface area contributed by atoms with Gasteiger partial charge in [0.25, 0.3) is 0 Å². The van der Waals surface area contributed by atoms with Crippen molar-refractivity contribution < 1.29 is 22.4 Å². The van der Waals surface area contributed by atoms with Crippen LogP contribution in [0, 0.1) is 12.7 Å². The number of hydrogen-bond acceptors (Lipinski definition) is 4. The molecule has 2 rings (SSSR count). The fourth-order valence-electron chi connectivity index (χ4n) is 3.87. The fourth-order valence-corrected chi connectivity index (χ4v) is 4.84. The number of nitrogens with one attached hydrogen (secondary N) is 1. The maximum absolute atomic E-state index is 13.4. The molecule has 7 nitrogen and oxygen atoms in total. The van der Waals surface area contributed by atoms with Crippen LogP contribution in [0.1, 0.15) is 58.1 Å². The Morgan fingerprint density at radius 1 is 1.03 bits per heavy atom. The molecule has 1 atom stereocenters. The van der Waals surface area contributed by atoms with Crippen LogP contribution in [0.4, 0.5) is 10.1 Å². The van der Waals surface area contributed by atoms with Gasteiger partial charge in [0.2, 0.25) is 21.8 Å². The molecule has 2 aromatic carbocycles. The van der Waals surface area contributed by atoms with Crippen LogP contribution in [0.15, 0.2) is 48.5 Å². The second-order valence-electron chi connectivity index (χ2n) is 10.1. The monoisotopic (exact) mass is 519 g/mol. The molecule has 0 aliphatic carbocycles. The summed E-state index contributed by atoms with van der Waals surface area (Å²) in [5.74, 6) is -0.929. The first-order valence-electron chi connectivity index (χ1n) is 12.1. The molecule has 0 saturated heterocycles. The molecule has 198 valence electrons. The van der Waals surface area contributed by atoms with Crippen LogP contribution in [-0.4, -0.2) is 49.5 Å². The van der Waals surface area contributed by atoms with E-state index in [2.05, 4.69) is 5.32 Å². The first kappa shape index (κ1) is 29.3. The molecule has 9 heteroatoms. The number of halogens is 1. The van der Waals surface area contributed by atoms with Gasteiger partial charge in [-0.2, -0.15) is 0 Å². The minimum Gasteiger partial charge on any atom is -0.350 e. The van der Waals surface area contributed by atoms with E-state index in [4.69, 9.17) is 0 Å². The molecule has 0 saturated carbocycles. The zero-order chi connectivity index (χ0) is 27.1. The van der Waals surface area contributed by atoms with Gasteiger partial charge in [0.15, 0.2) is 0 Å². The van der Waals surface area contributed by atoms with Crippen molar-refractivity contribution in [2.75, 3.05) is 17.1 Å². The van der Waals surface area contributed by atoms with Gasteiger partial charge in [-0.25, -0.2) is 12.8 Å². The van der Waals surface area contributed by atoms with Crippen LogP contribution in [-0.2, 0) is 26.2 Å². The zero-order valence-corrected chi connectivity index (χ0v) is 22.9. The first-order chi connectivity index (χ1) is 16.7. The van der Waals surface area contributed by atoms with E-state index in [0.717, 1.165) is 21.7 Å². The van der Waals surface area contributed by atoms with Crippen molar-refractivity contribution in [1.82, 2.24) is 10.2 Å². The van der Waals surface area contributed by atoms with Gasteiger partial charge in [0, 0.05) is 25.0 Å². The normalized spacial score (nSPS) is 12.6. The van der Waals surface area contributed by atoms with Crippen molar-refractivity contribution >= 4 is 27.5 Å². The standard InChI is InChI=1S/C27H38FN3O4S/c1-7-24(26(33)29-27(3,4)5)30(19-21-12-10-20(2)11-13-21)25(32)9-8-18-31(36(6,34)35)23-16-14-22(28)15-17-23/h10-17,24H,7-9,18-19H2,1-6H3,(H,29,33)/t24-/m0/s1. The lowest BCUT2D eigenvalue weighted by atomic mass is 10.0. The number of aryl methyl sites for hydroxylation is 1. The Bertz CT molecular complexity index is 1130. The van der Waals surface area contributed by atoms with Crippen molar-refractivity contribution in [3.63, 3.8) is 0 Å². The number of carbonyl (C=O) groups excluding carboxylic acids is 2. The Hall–Kier alpha value is -2.94. The number of benzene rings is 2. The van der Waals surface area contributed by atoms with Gasteiger partial charge in [-0.05, 0) is 70.4 Å². The minimum atomic E-state index is -3.63. The van der Waals surface area contributed by atoms with Crippen molar-refractivity contribution in [3.05, 3.63) is 65.5 Å². The maximum Gasteiger partial charge on any atom is 0.243 e. The van der Waals surface area contributed by atoms with Gasteiger partial charge in [-0.15, -0.1) is 0 Å². The van der Waals surface area contributed by atoms with E-state index in [-0.39, 0.29) is 37.7 Å². The molecule has 0 unspecified atom stereocenters. The number of sulfonamides is 1. The van der Waals surface area contributed by atoms with E-state index >= 15 is 0 Å². The van der Waals surface area contributed by atoms with Gasteiger partial charge < -0.3 is 10.2 Å². The number of anilines is 1. The van der Waals surface area contributed by atoms with Gasteiger partial charge in [0.1, 0.15) is 11.9 Å². The quantitative estimate of drug-likeness (QED) is 0.477. The average Bonchev–Trinajstić information content (AvgIpc) is 2.76. The smallest absolute Gasteiger partial charge is 0.243 e. The summed E-state index contributed by atoms with van der Waals surface area (Å²) in [6, 6.07) is 12.3. The summed E-state index contributed by atoms with van der Waals surface area (Å²) in [5.41, 5.74) is 1.88. The molecule has 2 amide bonds. The third-order valence-electron chi connectivity index (χ3n) is 5.62. The lowest BCUT2D eigenvalue weighted by Gasteiger charge is -2.33. The van der Waals surface area contributed by atoms with Crippen molar-refractivity contribution in [2.45, 2.75) is 72.0 Å². The Labute approximate surface area is 214 Å². The Kier molecular flexibility index (Phi) is 10.0. The van der Waals surface area contributed by atoms with E-state index in [1.54, 1.807) is 4.90 Å². The van der Waals surface area contributed by atoms with E-state index < -0.39 is 27.4 Å². The molecular formula is C27H38FN3O4S. The van der Waals surface area contributed by atoms with E-state index in [1.165, 1.54) is 24.3 Å². The second kappa shape index (κ2) is 12.3. The molecule has 0 aliphatic rings. The summed E-state index contributed by atoms with van der Waals surface area (Å²) >= 11 is 0. The van der Waals surface area contributed by atoms with Crippen molar-refractivity contribution in [3.8, 4) is 0 Å². The number of rotatable bonds is 11. The predicted molar refractivity (Wildman–Crippen MR) is 142 cm³/mol. The summed E-state index contributed by atoms with van der Waals surface area (Å²) in [6.45, 7) is 9.83. The summed E-state index contributed by atoms with van der Waals surface area (Å²) < 4.78 is 39.2. The highest BCUT2D eigenvalue weighted by Crippen LogP contribution is 2.20. The summed E-state index contributed by atoms with van der Waals surface area (Å²) in [4.78, 5) is 28.1. The molecule has 36 heavy (non-hydrogen) atoms. The molecular weight excluding hydrogens is 481 g/mol. The Balaban J connectivity index is 2.22. The SMILES string of the molecule is CC[C@@H](C(=O)NC(C)(C)C)N(Cc1ccc(C)cc1)C(=O)CCCN(c1ccc(F)cc1)S(C)(=O)=O. The zero-order valence-electron chi connectivity index (χ0n) is 22.0. The van der Waals surface area contributed by atoms with Crippen LogP contribution in [0.5, 0.6) is 0 Å². The number of carbonyl (C=O) groups is 2. The van der Waals surface area contributed by atoms with Crippen LogP contribution in [0.3, 0.4) is 0 Å². The minimum absolute atomic E-state index is 0.0539. The molecule has 0 heterocycles. The van der Waals surface area contributed by atoms with Gasteiger partial charge in [-0.3, -0.25) is 13.9 Å². The second-order valence-corrected chi connectivity index (χ2v) is 12.0. The average molecular weight is 520 g/mol. The summed E-state index contributed by atoms with van der Waals surface area (Å²) in [5, 5.41) is 2.97. The number of amides is 2. The molecule has 1 N–H and O–H groups in total. The van der Waals surface area contributed by atoms with E-state index in [0.29, 0.717) is 12.1 Å². The molecule has 0 fully saturated rings. The van der Waals surface area contributed by atoms with Crippen LogP contribution in [0.2, 0.25) is 0 Å². The van der Waals surface area contributed by atoms with Crippen LogP contribution in [0.25, 0.3) is 0 Å². The third kappa shape index (κ3) is 8.93. The van der Waals surface area contributed by atoms with Crippen LogP contribution < -0.4 is 9.62 Å². The third-order valence-corrected chi connectivity index (χ3v) is 6.82. The fraction of sp³-hybridized carbons (Fsp3) is 0.481. The Morgan fingerprint density at radius 2 is 1.61 bits per heavy atom. The first-order valence-corrected chi connectivity index (χ1v) is 14.0. The van der Waals surface area contributed by atoms with Gasteiger partial charge in [-0.1, -0.05) is 36.8 Å². The van der Waals surface area contributed by atoms with Crippen molar-refractivity contribution in [2.24, 2.45) is 0 Å². The predicted octanol–water partition coefficient (Wildman–Crippen LogP) is 4.40. The molecule has 0 spiro atoms. The molecule has 2 aromatic rings. The number of hydrogen-bond donors (Lipinski definition) is 1. The molecule has 0 radical (unpaired) electrons. The maximum atomic E-state index is 13.4. The highest BCUT2D eigenvalue weighted by atomic mass is 32.2. The largest absolute Gasteiger partial charge is 0.350 e. The van der Waals surface area contributed by atoms with E-state index in [1.807, 2.05) is 58.9 Å². The van der Waals surface area contributed by atoms with Gasteiger partial charge >= 0.3 is 0 Å².